The second-order valence-corrected chi connectivity index (χ2v) is 3.84. The average molecular weight is 283 g/mol. The molecule has 0 amide bonds. The van der Waals surface area contributed by atoms with Crippen molar-refractivity contribution in [3.63, 3.8) is 0 Å². The molecule has 0 spiro atoms. The maximum absolute atomic E-state index is 12.2. The summed E-state index contributed by atoms with van der Waals surface area (Å²) in [5.74, 6) is 0.551. The Bertz CT molecular complexity index is 434. The number of ether oxygens (including phenoxy) is 1. The highest BCUT2D eigenvalue weighted by atomic mass is 35.5. The molecule has 0 fully saturated rings. The van der Waals surface area contributed by atoms with Crippen molar-refractivity contribution in [3.8, 4) is 5.75 Å². The minimum Gasteiger partial charge on any atom is -0.497 e. The zero-order valence-corrected chi connectivity index (χ0v) is 12.5. The largest absolute Gasteiger partial charge is 0.497 e. The third-order valence-electron chi connectivity index (χ3n) is 2.08. The van der Waals surface area contributed by atoms with E-state index in [1.165, 1.54) is 17.7 Å². The van der Waals surface area contributed by atoms with E-state index in [4.69, 9.17) is 16.3 Å². The first kappa shape index (κ1) is 17.5. The Labute approximate surface area is 120 Å². The molecule has 104 valence electrons. The van der Waals surface area contributed by atoms with Crippen molar-refractivity contribution in [3.05, 3.63) is 64.9 Å². The highest BCUT2D eigenvalue weighted by Gasteiger charge is 1.91. The van der Waals surface area contributed by atoms with Gasteiger partial charge in [0.15, 0.2) is 0 Å². The van der Waals surface area contributed by atoms with Crippen LogP contribution in [0.5, 0.6) is 5.75 Å². The van der Waals surface area contributed by atoms with E-state index in [0.29, 0.717) is 0 Å². The van der Waals surface area contributed by atoms with Crippen LogP contribution in [0.2, 0.25) is 5.02 Å². The molecule has 0 saturated heterocycles. The highest BCUT2D eigenvalue weighted by Crippen LogP contribution is 2.11. The van der Waals surface area contributed by atoms with E-state index in [0.717, 1.165) is 5.75 Å². The van der Waals surface area contributed by atoms with Crippen LogP contribution in [0, 0.1) is 12.7 Å². The molecule has 0 unspecified atom stereocenters. The molecule has 0 N–H and O–H groups in total. The molecule has 0 aliphatic rings. The predicted molar refractivity (Wildman–Crippen MR) is 80.5 cm³/mol. The van der Waals surface area contributed by atoms with Gasteiger partial charge in [0.1, 0.15) is 11.6 Å². The molecular weight excluding hydrogens is 263 g/mol. The second-order valence-electron chi connectivity index (χ2n) is 3.43. The molecule has 0 aliphatic heterocycles. The maximum Gasteiger partial charge on any atom is 0.141 e. The van der Waals surface area contributed by atoms with Crippen molar-refractivity contribution in [2.45, 2.75) is 20.8 Å². The lowest BCUT2D eigenvalue weighted by Gasteiger charge is -1.97. The fourth-order valence-corrected chi connectivity index (χ4v) is 1.25. The van der Waals surface area contributed by atoms with Gasteiger partial charge in [-0.25, -0.2) is 4.39 Å². The Balaban J connectivity index is 0.000000303. The van der Waals surface area contributed by atoms with E-state index in [-0.39, 0.29) is 10.8 Å². The zero-order valence-electron chi connectivity index (χ0n) is 11.8. The van der Waals surface area contributed by atoms with Crippen molar-refractivity contribution in [2.24, 2.45) is 0 Å². The Hall–Kier alpha value is -1.54. The fourth-order valence-electron chi connectivity index (χ4n) is 1.11. The van der Waals surface area contributed by atoms with Crippen LogP contribution < -0.4 is 4.74 Å². The van der Waals surface area contributed by atoms with Crippen LogP contribution in [0.3, 0.4) is 0 Å². The van der Waals surface area contributed by atoms with E-state index < -0.39 is 0 Å². The van der Waals surface area contributed by atoms with Crippen LogP contribution in [0.4, 0.5) is 4.39 Å². The molecule has 0 heterocycles. The number of rotatable bonds is 1. The summed E-state index contributed by atoms with van der Waals surface area (Å²) in [6.45, 7) is 6.06. The van der Waals surface area contributed by atoms with Crippen LogP contribution in [0.15, 0.2) is 48.5 Å². The molecular formula is C16H20ClFO. The summed E-state index contributed by atoms with van der Waals surface area (Å²) in [7, 11) is 1.67. The number of aryl methyl sites for hydroxylation is 1. The van der Waals surface area contributed by atoms with Gasteiger partial charge in [0.05, 0.1) is 12.1 Å². The predicted octanol–water partition coefficient (Wildman–Crippen LogP) is 5.51. The summed E-state index contributed by atoms with van der Waals surface area (Å²) in [5.41, 5.74) is 1.26. The van der Waals surface area contributed by atoms with Crippen LogP contribution in [-0.4, -0.2) is 7.11 Å². The summed E-state index contributed by atoms with van der Waals surface area (Å²) in [6.07, 6.45) is 0. The molecule has 2 rings (SSSR count). The van der Waals surface area contributed by atoms with Gasteiger partial charge in [-0.15, -0.1) is 0 Å². The van der Waals surface area contributed by atoms with Gasteiger partial charge in [0.25, 0.3) is 0 Å². The molecule has 0 radical (unpaired) electrons. The second kappa shape index (κ2) is 10.4. The first-order valence-electron chi connectivity index (χ1n) is 6.14. The van der Waals surface area contributed by atoms with Crippen LogP contribution in [-0.2, 0) is 0 Å². The van der Waals surface area contributed by atoms with Gasteiger partial charge < -0.3 is 4.74 Å². The van der Waals surface area contributed by atoms with Gasteiger partial charge in [0, 0.05) is 0 Å². The molecule has 3 heteroatoms. The van der Waals surface area contributed by atoms with E-state index in [1.807, 2.05) is 38.1 Å². The summed E-state index contributed by atoms with van der Waals surface area (Å²) < 4.78 is 17.2. The third-order valence-corrected chi connectivity index (χ3v) is 2.39. The SMILES string of the molecule is CC.COc1ccc(C)cc1.Fc1ccccc1Cl. The Morgan fingerprint density at radius 1 is 0.947 bits per heavy atom. The number of halogens is 2. The third kappa shape index (κ3) is 7.47. The molecule has 1 nitrogen and oxygen atoms in total. The zero-order chi connectivity index (χ0) is 14.7. The minimum atomic E-state index is -0.367. The quantitative estimate of drug-likeness (QED) is 0.670. The van der Waals surface area contributed by atoms with E-state index >= 15 is 0 Å². The van der Waals surface area contributed by atoms with Gasteiger partial charge in [0.2, 0.25) is 0 Å². The van der Waals surface area contributed by atoms with Gasteiger partial charge >= 0.3 is 0 Å². The van der Waals surface area contributed by atoms with Gasteiger partial charge in [-0.2, -0.15) is 0 Å². The summed E-state index contributed by atoms with van der Waals surface area (Å²) in [6, 6.07) is 14.1. The van der Waals surface area contributed by atoms with E-state index in [9.17, 15) is 4.39 Å². The standard InChI is InChI=1S/C8H10O.C6H4ClF.C2H6/c1-7-3-5-8(9-2)6-4-7;7-5-3-1-2-4-6(5)8;1-2/h3-6H,1-2H3;1-4H;1-2H3. The normalized spacial score (nSPS) is 8.53. The molecule has 2 aromatic carbocycles. The Morgan fingerprint density at radius 3 is 1.84 bits per heavy atom. The number of benzene rings is 2. The van der Waals surface area contributed by atoms with Crippen LogP contribution >= 0.6 is 11.6 Å². The summed E-state index contributed by atoms with van der Waals surface area (Å²) >= 11 is 5.33. The lowest BCUT2D eigenvalue weighted by Crippen LogP contribution is -1.80. The molecule has 0 bridgehead atoms. The molecule has 0 saturated carbocycles. The molecule has 0 atom stereocenters. The first-order valence-corrected chi connectivity index (χ1v) is 6.52. The van der Waals surface area contributed by atoms with Crippen LogP contribution in [0.1, 0.15) is 19.4 Å². The molecule has 19 heavy (non-hydrogen) atoms. The lowest BCUT2D eigenvalue weighted by molar-refractivity contribution is 0.414. The highest BCUT2D eigenvalue weighted by molar-refractivity contribution is 6.30. The van der Waals surface area contributed by atoms with E-state index in [2.05, 4.69) is 6.92 Å². The number of methoxy groups -OCH3 is 1. The van der Waals surface area contributed by atoms with Gasteiger partial charge in [-0.1, -0.05) is 55.3 Å². The van der Waals surface area contributed by atoms with Crippen molar-refractivity contribution in [1.82, 2.24) is 0 Å². The lowest BCUT2D eigenvalue weighted by atomic mass is 10.2. The smallest absolute Gasteiger partial charge is 0.141 e. The monoisotopic (exact) mass is 282 g/mol. The van der Waals surface area contributed by atoms with Gasteiger partial charge in [-0.3, -0.25) is 0 Å². The molecule has 0 aromatic heterocycles. The topological polar surface area (TPSA) is 9.23 Å². The molecule has 2 aromatic rings. The number of hydrogen-bond acceptors (Lipinski definition) is 1. The summed E-state index contributed by atoms with van der Waals surface area (Å²) in [4.78, 5) is 0. The Kier molecular flexibility index (Phi) is 9.55. The minimum absolute atomic E-state index is 0.174. The number of hydrogen-bond donors (Lipinski definition) is 0. The first-order chi connectivity index (χ1) is 9.13. The fraction of sp³-hybridized carbons (Fsp3) is 0.250. The maximum atomic E-state index is 12.2. The van der Waals surface area contributed by atoms with Crippen molar-refractivity contribution in [2.75, 3.05) is 7.11 Å². The van der Waals surface area contributed by atoms with Crippen molar-refractivity contribution >= 4 is 11.6 Å². The summed E-state index contributed by atoms with van der Waals surface area (Å²) in [5, 5.41) is 0.174. The average Bonchev–Trinajstić information content (AvgIpc) is 2.46. The van der Waals surface area contributed by atoms with Crippen LogP contribution in [0.25, 0.3) is 0 Å². The van der Waals surface area contributed by atoms with Crippen molar-refractivity contribution in [1.29, 1.82) is 0 Å². The van der Waals surface area contributed by atoms with E-state index in [1.54, 1.807) is 19.2 Å². The van der Waals surface area contributed by atoms with Gasteiger partial charge in [-0.05, 0) is 31.2 Å². The molecule has 0 aliphatic carbocycles. The Morgan fingerprint density at radius 2 is 1.47 bits per heavy atom. The van der Waals surface area contributed by atoms with Crippen molar-refractivity contribution < 1.29 is 9.13 Å².